The standard InChI is InChI=1S/C15H23N3O/c1-15(2,10-17)12-4-5-13-11(9-12)3-6-14(19)18(13)8-7-16/h4-5,9H,3,6-8,10,16-17H2,1-2H3. The minimum absolute atomic E-state index is 0.0326. The van der Waals surface area contributed by atoms with E-state index in [2.05, 4.69) is 26.0 Å². The Hall–Kier alpha value is -1.39. The third kappa shape index (κ3) is 2.65. The average molecular weight is 261 g/mol. The first-order valence-corrected chi connectivity index (χ1v) is 6.83. The Morgan fingerprint density at radius 3 is 2.63 bits per heavy atom. The summed E-state index contributed by atoms with van der Waals surface area (Å²) in [6.45, 7) is 5.96. The number of aryl methyl sites for hydroxylation is 1. The van der Waals surface area contributed by atoms with Crippen LogP contribution in [0, 0.1) is 0 Å². The molecule has 0 spiro atoms. The van der Waals surface area contributed by atoms with Crippen LogP contribution in [0.25, 0.3) is 0 Å². The number of fused-ring (bicyclic) bond motifs is 1. The summed E-state index contributed by atoms with van der Waals surface area (Å²) in [6, 6.07) is 6.31. The van der Waals surface area contributed by atoms with Crippen molar-refractivity contribution in [3.05, 3.63) is 29.3 Å². The Morgan fingerprint density at radius 2 is 2.00 bits per heavy atom. The maximum Gasteiger partial charge on any atom is 0.227 e. The molecular formula is C15H23N3O. The third-order valence-electron chi connectivity index (χ3n) is 3.92. The molecule has 0 radical (unpaired) electrons. The van der Waals surface area contributed by atoms with E-state index in [9.17, 15) is 4.79 Å². The van der Waals surface area contributed by atoms with Crippen LogP contribution in [0.4, 0.5) is 5.69 Å². The van der Waals surface area contributed by atoms with Crippen LogP contribution in [0.15, 0.2) is 18.2 Å². The number of carbonyl (C=O) groups is 1. The molecule has 0 saturated heterocycles. The highest BCUT2D eigenvalue weighted by atomic mass is 16.2. The van der Waals surface area contributed by atoms with Crippen molar-refractivity contribution in [3.8, 4) is 0 Å². The van der Waals surface area contributed by atoms with Gasteiger partial charge < -0.3 is 16.4 Å². The summed E-state index contributed by atoms with van der Waals surface area (Å²) in [4.78, 5) is 13.7. The van der Waals surface area contributed by atoms with E-state index in [1.807, 2.05) is 6.07 Å². The molecule has 1 aromatic rings. The third-order valence-corrected chi connectivity index (χ3v) is 3.92. The van der Waals surface area contributed by atoms with E-state index in [-0.39, 0.29) is 11.3 Å². The van der Waals surface area contributed by atoms with Crippen LogP contribution in [-0.4, -0.2) is 25.5 Å². The van der Waals surface area contributed by atoms with Gasteiger partial charge in [0.1, 0.15) is 0 Å². The van der Waals surface area contributed by atoms with Crippen molar-refractivity contribution in [1.29, 1.82) is 0 Å². The van der Waals surface area contributed by atoms with Gasteiger partial charge in [-0.15, -0.1) is 0 Å². The number of carbonyl (C=O) groups excluding carboxylic acids is 1. The summed E-state index contributed by atoms with van der Waals surface area (Å²) < 4.78 is 0. The van der Waals surface area contributed by atoms with Gasteiger partial charge >= 0.3 is 0 Å². The van der Waals surface area contributed by atoms with Crippen LogP contribution < -0.4 is 16.4 Å². The first-order chi connectivity index (χ1) is 8.99. The van der Waals surface area contributed by atoms with Crippen molar-refractivity contribution in [2.45, 2.75) is 32.1 Å². The van der Waals surface area contributed by atoms with Gasteiger partial charge in [-0.2, -0.15) is 0 Å². The molecule has 4 nitrogen and oxygen atoms in total. The van der Waals surface area contributed by atoms with Crippen LogP contribution in [0.3, 0.4) is 0 Å². The summed E-state index contributed by atoms with van der Waals surface area (Å²) in [7, 11) is 0. The summed E-state index contributed by atoms with van der Waals surface area (Å²) in [5, 5.41) is 0. The highest BCUT2D eigenvalue weighted by Gasteiger charge is 2.26. The zero-order valence-corrected chi connectivity index (χ0v) is 11.8. The van der Waals surface area contributed by atoms with Gasteiger partial charge in [0.2, 0.25) is 5.91 Å². The molecule has 1 amide bonds. The number of hydrogen-bond acceptors (Lipinski definition) is 3. The number of hydrogen-bond donors (Lipinski definition) is 2. The Labute approximate surface area is 114 Å². The monoisotopic (exact) mass is 261 g/mol. The second kappa shape index (κ2) is 5.31. The predicted octanol–water partition coefficient (Wildman–Crippen LogP) is 1.16. The van der Waals surface area contributed by atoms with E-state index in [1.165, 1.54) is 11.1 Å². The van der Waals surface area contributed by atoms with E-state index >= 15 is 0 Å². The first kappa shape index (κ1) is 14.0. The van der Waals surface area contributed by atoms with Crippen molar-refractivity contribution < 1.29 is 4.79 Å². The molecule has 1 aromatic carbocycles. The molecule has 0 aromatic heterocycles. The van der Waals surface area contributed by atoms with E-state index in [1.54, 1.807) is 4.90 Å². The summed E-state index contributed by atoms with van der Waals surface area (Å²) >= 11 is 0. The molecule has 0 atom stereocenters. The largest absolute Gasteiger partial charge is 0.330 e. The molecule has 0 saturated carbocycles. The second-order valence-electron chi connectivity index (χ2n) is 5.77. The number of rotatable bonds is 4. The van der Waals surface area contributed by atoms with Crippen LogP contribution in [-0.2, 0) is 16.6 Å². The molecule has 4 N–H and O–H groups in total. The summed E-state index contributed by atoms with van der Waals surface area (Å²) in [5.74, 6) is 0.170. The van der Waals surface area contributed by atoms with Gasteiger partial charge in [0.15, 0.2) is 0 Å². The molecule has 0 bridgehead atoms. The topological polar surface area (TPSA) is 72.4 Å². The number of nitrogens with two attached hydrogens (primary N) is 2. The van der Waals surface area contributed by atoms with Gasteiger partial charge in [0, 0.05) is 37.2 Å². The Kier molecular flexibility index (Phi) is 3.92. The molecule has 1 aliphatic heterocycles. The zero-order chi connectivity index (χ0) is 14.0. The Bertz CT molecular complexity index is 482. The maximum atomic E-state index is 11.9. The average Bonchev–Trinajstić information content (AvgIpc) is 2.41. The number of benzene rings is 1. The van der Waals surface area contributed by atoms with E-state index in [0.29, 0.717) is 26.1 Å². The van der Waals surface area contributed by atoms with Crippen LogP contribution >= 0.6 is 0 Å². The van der Waals surface area contributed by atoms with E-state index < -0.39 is 0 Å². The van der Waals surface area contributed by atoms with Crippen molar-refractivity contribution in [2.75, 3.05) is 24.5 Å². The molecule has 104 valence electrons. The molecule has 2 rings (SSSR count). The number of amides is 1. The number of nitrogens with zero attached hydrogens (tertiary/aromatic N) is 1. The van der Waals surface area contributed by atoms with Gasteiger partial charge in [-0.25, -0.2) is 0 Å². The fourth-order valence-corrected chi connectivity index (χ4v) is 2.47. The lowest BCUT2D eigenvalue weighted by molar-refractivity contribution is -0.118. The smallest absolute Gasteiger partial charge is 0.227 e. The van der Waals surface area contributed by atoms with Crippen molar-refractivity contribution in [1.82, 2.24) is 0 Å². The normalized spacial score (nSPS) is 15.6. The fourth-order valence-electron chi connectivity index (χ4n) is 2.47. The number of anilines is 1. The first-order valence-electron chi connectivity index (χ1n) is 6.83. The zero-order valence-electron chi connectivity index (χ0n) is 11.8. The van der Waals surface area contributed by atoms with Gasteiger partial charge in [-0.1, -0.05) is 26.0 Å². The SMILES string of the molecule is CC(C)(CN)c1ccc2c(c1)CCC(=O)N2CCN. The molecule has 0 fully saturated rings. The molecule has 0 aliphatic carbocycles. The van der Waals surface area contributed by atoms with Crippen LogP contribution in [0.1, 0.15) is 31.4 Å². The van der Waals surface area contributed by atoms with Gasteiger partial charge in [0.05, 0.1) is 0 Å². The molecule has 0 unspecified atom stereocenters. The van der Waals surface area contributed by atoms with Gasteiger partial charge in [-0.3, -0.25) is 4.79 Å². The Morgan fingerprint density at radius 1 is 1.26 bits per heavy atom. The van der Waals surface area contributed by atoms with Crippen LogP contribution in [0.2, 0.25) is 0 Å². The lowest BCUT2D eigenvalue weighted by Gasteiger charge is -2.31. The molecule has 19 heavy (non-hydrogen) atoms. The van der Waals surface area contributed by atoms with Crippen molar-refractivity contribution >= 4 is 11.6 Å². The molecule has 1 aliphatic rings. The minimum Gasteiger partial charge on any atom is -0.330 e. The van der Waals surface area contributed by atoms with Gasteiger partial charge in [-0.05, 0) is 23.6 Å². The molecular weight excluding hydrogens is 238 g/mol. The fraction of sp³-hybridized carbons (Fsp3) is 0.533. The minimum atomic E-state index is -0.0326. The quantitative estimate of drug-likeness (QED) is 0.854. The van der Waals surface area contributed by atoms with E-state index in [0.717, 1.165) is 12.1 Å². The molecule has 1 heterocycles. The maximum absolute atomic E-state index is 11.9. The summed E-state index contributed by atoms with van der Waals surface area (Å²) in [5.41, 5.74) is 14.9. The van der Waals surface area contributed by atoms with E-state index in [4.69, 9.17) is 11.5 Å². The Balaban J connectivity index is 2.39. The van der Waals surface area contributed by atoms with Crippen molar-refractivity contribution in [3.63, 3.8) is 0 Å². The second-order valence-corrected chi connectivity index (χ2v) is 5.77. The molecule has 4 heteroatoms. The lowest BCUT2D eigenvalue weighted by Crippen LogP contribution is -2.39. The predicted molar refractivity (Wildman–Crippen MR) is 78.3 cm³/mol. The van der Waals surface area contributed by atoms with Crippen molar-refractivity contribution in [2.24, 2.45) is 11.5 Å². The van der Waals surface area contributed by atoms with Gasteiger partial charge in [0.25, 0.3) is 0 Å². The highest BCUT2D eigenvalue weighted by molar-refractivity contribution is 5.96. The highest BCUT2D eigenvalue weighted by Crippen LogP contribution is 2.32. The van der Waals surface area contributed by atoms with Crippen LogP contribution in [0.5, 0.6) is 0 Å². The lowest BCUT2D eigenvalue weighted by atomic mass is 9.83. The summed E-state index contributed by atoms with van der Waals surface area (Å²) in [6.07, 6.45) is 1.38.